The van der Waals surface area contributed by atoms with Gasteiger partial charge in [0.2, 0.25) is 0 Å². The van der Waals surface area contributed by atoms with E-state index < -0.39 is 16.6 Å². The van der Waals surface area contributed by atoms with E-state index in [-0.39, 0.29) is 0 Å². The fourth-order valence-electron chi connectivity index (χ4n) is 2.34. The largest absolute Gasteiger partial charge is 0.414 e. The smallest absolute Gasteiger partial charge is 0.192 e. The monoisotopic (exact) mass is 374 g/mol. The Morgan fingerprint density at radius 3 is 1.08 bits per heavy atom. The fourth-order valence-corrected chi connectivity index (χ4v) is 5.30. The minimum absolute atomic E-state index is 0.298. The average Bonchev–Trinajstić information content (AvgIpc) is 2.30. The highest BCUT2D eigenvalue weighted by atomic mass is 28.4. The van der Waals surface area contributed by atoms with Crippen LogP contribution in [0.3, 0.4) is 0 Å². The number of hydrogen-bond acceptors (Lipinski definition) is 2. The molecule has 0 bridgehead atoms. The molecule has 0 saturated carbocycles. The summed E-state index contributed by atoms with van der Waals surface area (Å²) in [5.74, 6) is 0. The van der Waals surface area contributed by atoms with E-state index in [4.69, 9.17) is 8.85 Å². The topological polar surface area (TPSA) is 18.5 Å². The van der Waals surface area contributed by atoms with E-state index >= 15 is 0 Å². The summed E-state index contributed by atoms with van der Waals surface area (Å²) in [6.07, 6.45) is 5.56. The van der Waals surface area contributed by atoms with Crippen LogP contribution in [0.5, 0.6) is 0 Å². The van der Waals surface area contributed by atoms with Gasteiger partial charge in [-0.15, -0.1) is 0 Å². The van der Waals surface area contributed by atoms with Gasteiger partial charge in [0.05, 0.1) is 0 Å². The molecule has 0 rings (SSSR count). The lowest BCUT2D eigenvalue weighted by atomic mass is 10.1. The van der Waals surface area contributed by atoms with Gasteiger partial charge in [-0.2, -0.15) is 0 Å². The van der Waals surface area contributed by atoms with Gasteiger partial charge in [-0.3, -0.25) is 0 Å². The highest BCUT2D eigenvalue weighted by molar-refractivity contribution is 6.74. The van der Waals surface area contributed by atoms with E-state index in [2.05, 4.69) is 81.6 Å². The zero-order valence-corrected chi connectivity index (χ0v) is 20.8. The van der Waals surface area contributed by atoms with Crippen LogP contribution in [0, 0.1) is 0 Å². The second-order valence-corrected chi connectivity index (χ2v) is 20.2. The van der Waals surface area contributed by atoms with E-state index in [0.717, 1.165) is 0 Å². The Morgan fingerprint density at radius 1 is 0.625 bits per heavy atom. The van der Waals surface area contributed by atoms with Crippen LogP contribution < -0.4 is 0 Å². The summed E-state index contributed by atoms with van der Waals surface area (Å²) in [6.45, 7) is 27.7. The van der Waals surface area contributed by atoms with E-state index in [1.807, 2.05) is 0 Å². The minimum Gasteiger partial charge on any atom is -0.414 e. The molecule has 0 aliphatic carbocycles. The molecule has 24 heavy (non-hydrogen) atoms. The number of unbranched alkanes of at least 4 members (excludes halogenated alkanes) is 1. The molecule has 0 aromatic rings. The van der Waals surface area contributed by atoms with Gasteiger partial charge in [0.1, 0.15) is 0 Å². The summed E-state index contributed by atoms with van der Waals surface area (Å²) < 4.78 is 12.9. The predicted molar refractivity (Wildman–Crippen MR) is 114 cm³/mol. The first kappa shape index (κ1) is 24.4. The zero-order valence-electron chi connectivity index (χ0n) is 18.8. The minimum atomic E-state index is -1.62. The van der Waals surface area contributed by atoms with Crippen LogP contribution in [-0.4, -0.2) is 28.8 Å². The Hall–Kier alpha value is 0.354. The Bertz CT molecular complexity index is 329. The summed E-state index contributed by atoms with van der Waals surface area (Å²) in [7, 11) is -3.24. The summed E-state index contributed by atoms with van der Waals surface area (Å²) in [5.41, 5.74) is 0. The van der Waals surface area contributed by atoms with Gasteiger partial charge >= 0.3 is 0 Å². The van der Waals surface area contributed by atoms with Crippen LogP contribution in [0.15, 0.2) is 0 Å². The van der Waals surface area contributed by atoms with Crippen molar-refractivity contribution in [2.24, 2.45) is 0 Å². The van der Waals surface area contributed by atoms with Crippen molar-refractivity contribution in [3.05, 3.63) is 0 Å². The van der Waals surface area contributed by atoms with Gasteiger partial charge < -0.3 is 8.85 Å². The molecule has 146 valence electrons. The van der Waals surface area contributed by atoms with Crippen molar-refractivity contribution in [3.8, 4) is 0 Å². The van der Waals surface area contributed by atoms with E-state index in [9.17, 15) is 0 Å². The van der Waals surface area contributed by atoms with Gasteiger partial charge in [0, 0.05) is 12.2 Å². The first-order chi connectivity index (χ1) is 10.5. The molecular formula is C20H46O2Si2. The molecule has 0 spiro atoms. The molecular weight excluding hydrogens is 328 g/mol. The molecule has 2 nitrogen and oxygen atoms in total. The predicted octanol–water partition coefficient (Wildman–Crippen LogP) is 7.37. The molecule has 0 aromatic carbocycles. The van der Waals surface area contributed by atoms with Crippen LogP contribution in [0.1, 0.15) is 81.1 Å². The lowest BCUT2D eigenvalue weighted by Crippen LogP contribution is -2.43. The molecule has 2 atom stereocenters. The highest BCUT2D eigenvalue weighted by Crippen LogP contribution is 2.38. The molecule has 0 heterocycles. The summed E-state index contributed by atoms with van der Waals surface area (Å²) in [4.78, 5) is 0. The van der Waals surface area contributed by atoms with Crippen LogP contribution in [-0.2, 0) is 8.85 Å². The lowest BCUT2D eigenvalue weighted by molar-refractivity contribution is 0.169. The summed E-state index contributed by atoms with van der Waals surface area (Å²) >= 11 is 0. The van der Waals surface area contributed by atoms with Crippen LogP contribution in [0.4, 0.5) is 0 Å². The molecule has 0 amide bonds. The normalized spacial score (nSPS) is 17.0. The Kier molecular flexibility index (Phi) is 8.96. The zero-order chi connectivity index (χ0) is 19.4. The average molecular weight is 375 g/mol. The number of rotatable bonds is 9. The van der Waals surface area contributed by atoms with Crippen LogP contribution in [0.25, 0.3) is 0 Å². The maximum atomic E-state index is 6.45. The Morgan fingerprint density at radius 2 is 0.875 bits per heavy atom. The van der Waals surface area contributed by atoms with Crippen molar-refractivity contribution < 1.29 is 8.85 Å². The molecule has 0 saturated heterocycles. The molecule has 4 heteroatoms. The third-order valence-electron chi connectivity index (χ3n) is 6.08. The van der Waals surface area contributed by atoms with E-state index in [0.29, 0.717) is 22.3 Å². The fraction of sp³-hybridized carbons (Fsp3) is 1.00. The first-order valence-electron chi connectivity index (χ1n) is 9.85. The standard InChI is InChI=1S/C20H46O2Si2/c1-17(21-23(9,10)19(3,4)5)15-13-14-16-18(2)22-24(11,12)20(6,7)8/h17-18H,13-16H2,1-12H3/t17-,18+. The molecule has 0 unspecified atom stereocenters. The van der Waals surface area contributed by atoms with Crippen molar-refractivity contribution in [1.29, 1.82) is 0 Å². The van der Waals surface area contributed by atoms with Crippen molar-refractivity contribution >= 4 is 16.6 Å². The third kappa shape index (κ3) is 8.16. The van der Waals surface area contributed by atoms with Crippen LogP contribution in [0.2, 0.25) is 36.3 Å². The lowest BCUT2D eigenvalue weighted by Gasteiger charge is -2.39. The maximum absolute atomic E-state index is 6.45. The van der Waals surface area contributed by atoms with Gasteiger partial charge in [-0.25, -0.2) is 0 Å². The molecule has 0 aromatic heterocycles. The second kappa shape index (κ2) is 8.83. The van der Waals surface area contributed by atoms with E-state index in [1.165, 1.54) is 25.7 Å². The highest BCUT2D eigenvalue weighted by Gasteiger charge is 2.39. The second-order valence-electron chi connectivity index (χ2n) is 10.7. The Labute approximate surface area is 155 Å². The Balaban J connectivity index is 4.14. The van der Waals surface area contributed by atoms with Crippen molar-refractivity contribution in [3.63, 3.8) is 0 Å². The maximum Gasteiger partial charge on any atom is 0.192 e. The molecule has 0 fully saturated rings. The summed E-state index contributed by atoms with van der Waals surface area (Å²) in [5, 5.41) is 0.597. The van der Waals surface area contributed by atoms with Gasteiger partial charge in [0.15, 0.2) is 16.6 Å². The molecule has 0 N–H and O–H groups in total. The number of hydrogen-bond donors (Lipinski definition) is 0. The third-order valence-corrected chi connectivity index (χ3v) is 15.3. The van der Waals surface area contributed by atoms with Gasteiger partial charge in [0.25, 0.3) is 0 Å². The van der Waals surface area contributed by atoms with E-state index in [1.54, 1.807) is 0 Å². The molecule has 0 aliphatic heterocycles. The molecule has 0 radical (unpaired) electrons. The van der Waals surface area contributed by atoms with Crippen molar-refractivity contribution in [2.45, 2.75) is 130 Å². The van der Waals surface area contributed by atoms with Crippen LogP contribution >= 0.6 is 0 Å². The first-order valence-corrected chi connectivity index (χ1v) is 15.7. The molecule has 0 aliphatic rings. The van der Waals surface area contributed by atoms with Gasteiger partial charge in [-0.05, 0) is 63.0 Å². The van der Waals surface area contributed by atoms with Crippen molar-refractivity contribution in [2.75, 3.05) is 0 Å². The quantitative estimate of drug-likeness (QED) is 0.310. The SMILES string of the molecule is C[C@H](CCCC[C@H](C)O[Si](C)(C)C(C)(C)C)O[Si](C)(C)C(C)(C)C. The summed E-state index contributed by atoms with van der Waals surface area (Å²) in [6, 6.07) is 0. The van der Waals surface area contributed by atoms with Gasteiger partial charge in [-0.1, -0.05) is 54.4 Å². The van der Waals surface area contributed by atoms with Crippen molar-refractivity contribution in [1.82, 2.24) is 0 Å².